The van der Waals surface area contributed by atoms with Crippen molar-refractivity contribution in [3.05, 3.63) is 0 Å². The molecule has 0 aromatic carbocycles. The van der Waals surface area contributed by atoms with E-state index in [0.29, 0.717) is 11.8 Å². The summed E-state index contributed by atoms with van der Waals surface area (Å²) in [5.41, 5.74) is 0.0493. The van der Waals surface area contributed by atoms with Crippen molar-refractivity contribution in [2.45, 2.75) is 33.6 Å². The summed E-state index contributed by atoms with van der Waals surface area (Å²) in [5, 5.41) is 9.31. The molecule has 0 amide bonds. The second-order valence-corrected chi connectivity index (χ2v) is 5.89. The summed E-state index contributed by atoms with van der Waals surface area (Å²) < 4.78 is 0. The minimum absolute atomic E-state index is 0.108. The fourth-order valence-electron chi connectivity index (χ4n) is 4.80. The summed E-state index contributed by atoms with van der Waals surface area (Å²) >= 11 is 0. The van der Waals surface area contributed by atoms with Gasteiger partial charge in [0.2, 0.25) is 0 Å². The maximum atomic E-state index is 11.3. The van der Waals surface area contributed by atoms with E-state index in [1.54, 1.807) is 0 Å². The van der Waals surface area contributed by atoms with Crippen LogP contribution in [0, 0.1) is 28.1 Å². The molecule has 0 aliphatic heterocycles. The Morgan fingerprint density at radius 1 is 1.38 bits per heavy atom. The van der Waals surface area contributed by atoms with Crippen LogP contribution in [0.4, 0.5) is 0 Å². The van der Waals surface area contributed by atoms with E-state index in [9.17, 15) is 9.90 Å². The highest BCUT2D eigenvalue weighted by Crippen LogP contribution is 2.92. The number of carbonyl (C=O) groups is 1. The number of aliphatic carboxylic acids is 1. The van der Waals surface area contributed by atoms with Crippen LogP contribution in [0.2, 0.25) is 0 Å². The number of hydrogen-bond donors (Lipinski definition) is 1. The Balaban J connectivity index is 2.16. The van der Waals surface area contributed by atoms with Gasteiger partial charge in [0.25, 0.3) is 0 Å². The van der Waals surface area contributed by atoms with Crippen molar-refractivity contribution >= 4 is 5.97 Å². The third-order valence-corrected chi connectivity index (χ3v) is 5.96. The number of carboxylic acid groups (broad SMARTS) is 1. The largest absolute Gasteiger partial charge is 0.481 e. The first-order chi connectivity index (χ1) is 5.89. The summed E-state index contributed by atoms with van der Waals surface area (Å²) in [6.07, 6.45) is 2.10. The van der Waals surface area contributed by atoms with Crippen LogP contribution in [0.5, 0.6) is 0 Å². The van der Waals surface area contributed by atoms with Gasteiger partial charge in [0.05, 0.1) is 5.41 Å². The highest BCUT2D eigenvalue weighted by molar-refractivity contribution is 5.83. The van der Waals surface area contributed by atoms with Gasteiger partial charge in [-0.15, -0.1) is 0 Å². The molecule has 0 heterocycles. The fraction of sp³-hybridized carbons (Fsp3) is 0.909. The summed E-state index contributed by atoms with van der Waals surface area (Å²) in [4.78, 5) is 11.3. The number of rotatable bonds is 1. The van der Waals surface area contributed by atoms with Gasteiger partial charge in [-0.25, -0.2) is 0 Å². The van der Waals surface area contributed by atoms with E-state index < -0.39 is 5.97 Å². The molecule has 4 saturated carbocycles. The van der Waals surface area contributed by atoms with Gasteiger partial charge in [0.15, 0.2) is 0 Å². The van der Waals surface area contributed by atoms with Crippen LogP contribution in [-0.4, -0.2) is 11.1 Å². The van der Waals surface area contributed by atoms with E-state index in [1.165, 1.54) is 0 Å². The van der Waals surface area contributed by atoms with Gasteiger partial charge >= 0.3 is 5.97 Å². The molecule has 1 N–H and O–H groups in total. The van der Waals surface area contributed by atoms with E-state index in [1.807, 2.05) is 0 Å². The first kappa shape index (κ1) is 7.84. The maximum absolute atomic E-state index is 11.3. The van der Waals surface area contributed by atoms with Gasteiger partial charge in [0, 0.05) is 0 Å². The van der Waals surface area contributed by atoms with E-state index in [4.69, 9.17) is 0 Å². The van der Waals surface area contributed by atoms with Crippen molar-refractivity contribution < 1.29 is 9.90 Å². The second-order valence-electron chi connectivity index (χ2n) is 5.89. The zero-order chi connectivity index (χ0) is 9.65. The van der Waals surface area contributed by atoms with Gasteiger partial charge in [-0.2, -0.15) is 0 Å². The lowest BCUT2D eigenvalue weighted by Crippen LogP contribution is -2.25. The van der Waals surface area contributed by atoms with Crippen LogP contribution in [-0.2, 0) is 4.79 Å². The van der Waals surface area contributed by atoms with Gasteiger partial charge in [-0.1, -0.05) is 20.8 Å². The van der Waals surface area contributed by atoms with Gasteiger partial charge < -0.3 is 5.11 Å². The molecule has 0 radical (unpaired) electrons. The molecular weight excluding hydrogens is 164 g/mol. The van der Waals surface area contributed by atoms with E-state index in [2.05, 4.69) is 20.8 Å². The minimum Gasteiger partial charge on any atom is -0.481 e. The van der Waals surface area contributed by atoms with Crippen LogP contribution >= 0.6 is 0 Å². The SMILES string of the molecule is CC1(C)C2CC3C(C(=O)O)(C2)C31C. The first-order valence-electron chi connectivity index (χ1n) is 5.12. The Kier molecular flexibility index (Phi) is 0.935. The third-order valence-electron chi connectivity index (χ3n) is 5.96. The van der Waals surface area contributed by atoms with Crippen LogP contribution < -0.4 is 0 Å². The fourth-order valence-corrected chi connectivity index (χ4v) is 4.80. The predicted molar refractivity (Wildman–Crippen MR) is 48.2 cm³/mol. The molecule has 2 heteroatoms. The topological polar surface area (TPSA) is 37.3 Å². The second kappa shape index (κ2) is 1.55. The molecule has 0 saturated heterocycles. The van der Waals surface area contributed by atoms with Crippen molar-refractivity contribution in [1.29, 1.82) is 0 Å². The van der Waals surface area contributed by atoms with Gasteiger partial charge in [0.1, 0.15) is 0 Å². The molecular formula is C11H16O2. The Morgan fingerprint density at radius 2 is 2.00 bits per heavy atom. The molecule has 0 aromatic rings. The first-order valence-corrected chi connectivity index (χ1v) is 5.12. The molecule has 4 aliphatic carbocycles. The van der Waals surface area contributed by atoms with Crippen molar-refractivity contribution in [2.75, 3.05) is 0 Å². The highest BCUT2D eigenvalue weighted by Gasteiger charge is 2.91. The van der Waals surface area contributed by atoms with Crippen LogP contribution in [0.1, 0.15) is 33.6 Å². The van der Waals surface area contributed by atoms with E-state index >= 15 is 0 Å². The summed E-state index contributed by atoms with van der Waals surface area (Å²) in [5.74, 6) is 0.615. The number of hydrogen-bond acceptors (Lipinski definition) is 1. The molecule has 0 spiro atoms. The predicted octanol–water partition coefficient (Wildman–Crippen LogP) is 2.14. The van der Waals surface area contributed by atoms with Crippen molar-refractivity contribution in [3.8, 4) is 0 Å². The molecule has 4 unspecified atom stereocenters. The van der Waals surface area contributed by atoms with E-state index in [0.717, 1.165) is 12.8 Å². The van der Waals surface area contributed by atoms with Gasteiger partial charge in [-0.05, 0) is 35.5 Å². The summed E-state index contributed by atoms with van der Waals surface area (Å²) in [6, 6.07) is 0. The maximum Gasteiger partial charge on any atom is 0.310 e. The smallest absolute Gasteiger partial charge is 0.310 e. The standard InChI is InChI=1S/C11H16O2/c1-9(2)6-4-7-10(9,3)11(7,5-6)8(12)13/h6-7H,4-5H2,1-3H3,(H,12,13). The average molecular weight is 180 g/mol. The molecule has 4 rings (SSSR count). The highest BCUT2D eigenvalue weighted by atomic mass is 16.4. The average Bonchev–Trinajstić information content (AvgIpc) is 2.35. The monoisotopic (exact) mass is 180 g/mol. The molecule has 4 bridgehead atoms. The molecule has 13 heavy (non-hydrogen) atoms. The lowest BCUT2D eigenvalue weighted by molar-refractivity contribution is -0.144. The zero-order valence-corrected chi connectivity index (χ0v) is 8.42. The number of carboxylic acids is 1. The molecule has 4 atom stereocenters. The Morgan fingerprint density at radius 3 is 2.15 bits per heavy atom. The third kappa shape index (κ3) is 0.438. The molecule has 4 fully saturated rings. The Hall–Kier alpha value is -0.530. The molecule has 2 nitrogen and oxygen atoms in total. The lowest BCUT2D eigenvalue weighted by Gasteiger charge is -2.29. The van der Waals surface area contributed by atoms with Crippen molar-refractivity contribution in [3.63, 3.8) is 0 Å². The van der Waals surface area contributed by atoms with E-state index in [-0.39, 0.29) is 16.2 Å². The Bertz CT molecular complexity index is 320. The quantitative estimate of drug-likeness (QED) is 0.671. The lowest BCUT2D eigenvalue weighted by atomic mass is 9.75. The minimum atomic E-state index is -0.534. The van der Waals surface area contributed by atoms with Crippen LogP contribution in [0.25, 0.3) is 0 Å². The van der Waals surface area contributed by atoms with Crippen LogP contribution in [0.15, 0.2) is 0 Å². The summed E-state index contributed by atoms with van der Waals surface area (Å²) in [6.45, 7) is 6.71. The molecule has 72 valence electrons. The molecule has 0 aromatic heterocycles. The normalized spacial score (nSPS) is 59.6. The molecule has 4 aliphatic rings. The van der Waals surface area contributed by atoms with Gasteiger partial charge in [-0.3, -0.25) is 4.79 Å². The zero-order valence-electron chi connectivity index (χ0n) is 8.42. The van der Waals surface area contributed by atoms with Crippen molar-refractivity contribution in [2.24, 2.45) is 28.1 Å². The Labute approximate surface area is 78.3 Å². The van der Waals surface area contributed by atoms with Crippen LogP contribution in [0.3, 0.4) is 0 Å². The summed E-state index contributed by atoms with van der Waals surface area (Å²) in [7, 11) is 0. The van der Waals surface area contributed by atoms with Crippen molar-refractivity contribution in [1.82, 2.24) is 0 Å².